The molecule has 44 valence electrons. The second-order valence-electron chi connectivity index (χ2n) is 1.23. The first-order valence-corrected chi connectivity index (χ1v) is 3.39. The van der Waals surface area contributed by atoms with Gasteiger partial charge in [0.1, 0.15) is 0 Å². The number of nitrogens with one attached hydrogen (secondary N) is 2. The van der Waals surface area contributed by atoms with Crippen LogP contribution in [-0.4, -0.2) is 4.98 Å². The number of hydrogen-bond donors (Lipinski definition) is 3. The normalized spacial score (nSPS) is 9.62. The SMILES string of the molecule is SNSc1ccc[nH]1. The summed E-state index contributed by atoms with van der Waals surface area (Å²) in [5.41, 5.74) is 0. The molecular formula is C4H6N2S2. The Morgan fingerprint density at radius 1 is 1.75 bits per heavy atom. The number of aromatic nitrogens is 1. The van der Waals surface area contributed by atoms with Gasteiger partial charge in [0.15, 0.2) is 0 Å². The van der Waals surface area contributed by atoms with Crippen molar-refractivity contribution in [2.45, 2.75) is 5.03 Å². The first-order chi connectivity index (χ1) is 3.93. The molecular weight excluding hydrogens is 140 g/mol. The molecule has 0 fully saturated rings. The monoisotopic (exact) mass is 146 g/mol. The summed E-state index contributed by atoms with van der Waals surface area (Å²) in [7, 11) is 0. The van der Waals surface area contributed by atoms with Crippen LogP contribution in [0.2, 0.25) is 0 Å². The first kappa shape index (κ1) is 6.07. The summed E-state index contributed by atoms with van der Waals surface area (Å²) in [4.78, 5) is 2.99. The maximum Gasteiger partial charge on any atom is 0.0882 e. The number of rotatable bonds is 2. The smallest absolute Gasteiger partial charge is 0.0882 e. The van der Waals surface area contributed by atoms with E-state index in [1.807, 2.05) is 18.3 Å². The van der Waals surface area contributed by atoms with Crippen molar-refractivity contribution < 1.29 is 0 Å². The Kier molecular flexibility index (Phi) is 2.32. The molecule has 1 heterocycles. The summed E-state index contributed by atoms with van der Waals surface area (Å²) in [6.45, 7) is 0. The minimum absolute atomic E-state index is 1.07. The Bertz CT molecular complexity index is 138. The molecule has 1 rings (SSSR count). The van der Waals surface area contributed by atoms with Crippen LogP contribution in [0.5, 0.6) is 0 Å². The van der Waals surface area contributed by atoms with Crippen molar-refractivity contribution in [1.29, 1.82) is 0 Å². The van der Waals surface area contributed by atoms with E-state index in [4.69, 9.17) is 0 Å². The van der Waals surface area contributed by atoms with Gasteiger partial charge in [-0.15, -0.1) is 0 Å². The fourth-order valence-electron chi connectivity index (χ4n) is 0.427. The molecule has 0 aliphatic carbocycles. The molecule has 1 aromatic heterocycles. The molecule has 0 bridgehead atoms. The number of thiol groups is 1. The minimum Gasteiger partial charge on any atom is -0.355 e. The van der Waals surface area contributed by atoms with E-state index >= 15 is 0 Å². The lowest BCUT2D eigenvalue weighted by molar-refractivity contribution is 1.20. The van der Waals surface area contributed by atoms with Crippen molar-refractivity contribution in [3.63, 3.8) is 0 Å². The van der Waals surface area contributed by atoms with E-state index in [9.17, 15) is 0 Å². The molecule has 0 unspecified atom stereocenters. The highest BCUT2D eigenvalue weighted by molar-refractivity contribution is 8.06. The standard InChI is InChI=1S/C4H6N2S2/c7-6-8-4-2-1-3-5-4/h1-3,5-7H. The molecule has 2 N–H and O–H groups in total. The van der Waals surface area contributed by atoms with Crippen molar-refractivity contribution in [3.8, 4) is 0 Å². The van der Waals surface area contributed by atoms with Gasteiger partial charge < -0.3 is 4.98 Å². The number of aromatic amines is 1. The number of hydrogen-bond acceptors (Lipinski definition) is 3. The summed E-state index contributed by atoms with van der Waals surface area (Å²) in [5, 5.41) is 1.07. The second-order valence-corrected chi connectivity index (χ2v) is 2.60. The zero-order valence-electron chi connectivity index (χ0n) is 4.09. The topological polar surface area (TPSA) is 27.8 Å². The summed E-state index contributed by atoms with van der Waals surface area (Å²) in [6.07, 6.45) is 1.87. The quantitative estimate of drug-likeness (QED) is 0.435. The van der Waals surface area contributed by atoms with Crippen LogP contribution in [-0.2, 0) is 0 Å². The maximum atomic E-state index is 3.80. The average molecular weight is 146 g/mol. The van der Waals surface area contributed by atoms with Gasteiger partial charge in [-0.1, -0.05) is 12.8 Å². The molecule has 0 saturated heterocycles. The van der Waals surface area contributed by atoms with Crippen LogP contribution < -0.4 is 4.13 Å². The highest BCUT2D eigenvalue weighted by atomic mass is 32.2. The van der Waals surface area contributed by atoms with Gasteiger partial charge in [0, 0.05) is 6.20 Å². The molecule has 0 atom stereocenters. The Morgan fingerprint density at radius 3 is 3.12 bits per heavy atom. The van der Waals surface area contributed by atoms with Crippen molar-refractivity contribution in [2.75, 3.05) is 0 Å². The van der Waals surface area contributed by atoms with Gasteiger partial charge in [-0.3, -0.25) is 0 Å². The molecule has 0 aliphatic rings. The van der Waals surface area contributed by atoms with E-state index in [0.717, 1.165) is 5.03 Å². The average Bonchev–Trinajstić information content (AvgIpc) is 2.19. The van der Waals surface area contributed by atoms with Crippen LogP contribution >= 0.6 is 24.8 Å². The van der Waals surface area contributed by atoms with E-state index in [0.29, 0.717) is 0 Å². The molecule has 0 aromatic carbocycles. The Labute approximate surface area is 57.7 Å². The van der Waals surface area contributed by atoms with Gasteiger partial charge in [0.2, 0.25) is 0 Å². The largest absolute Gasteiger partial charge is 0.355 e. The van der Waals surface area contributed by atoms with E-state index in [2.05, 4.69) is 21.9 Å². The molecule has 0 saturated carbocycles. The van der Waals surface area contributed by atoms with Crippen LogP contribution in [0, 0.1) is 0 Å². The Balaban J connectivity index is 2.50. The van der Waals surface area contributed by atoms with Crippen LogP contribution in [0.1, 0.15) is 0 Å². The lowest BCUT2D eigenvalue weighted by atomic mass is 10.7. The van der Waals surface area contributed by atoms with Crippen molar-refractivity contribution in [1.82, 2.24) is 9.11 Å². The molecule has 8 heavy (non-hydrogen) atoms. The highest BCUT2D eigenvalue weighted by Crippen LogP contribution is 2.09. The third-order valence-electron chi connectivity index (χ3n) is 0.725. The van der Waals surface area contributed by atoms with E-state index in [1.54, 1.807) is 0 Å². The van der Waals surface area contributed by atoms with Gasteiger partial charge in [0.05, 0.1) is 5.03 Å². The lowest BCUT2D eigenvalue weighted by Crippen LogP contribution is -1.79. The molecule has 0 radical (unpaired) electrons. The summed E-state index contributed by atoms with van der Waals surface area (Å²) in [6, 6.07) is 3.90. The first-order valence-electron chi connectivity index (χ1n) is 2.13. The summed E-state index contributed by atoms with van der Waals surface area (Å²) in [5.74, 6) is 0. The minimum atomic E-state index is 1.07. The van der Waals surface area contributed by atoms with Crippen molar-refractivity contribution in [2.24, 2.45) is 0 Å². The van der Waals surface area contributed by atoms with Crippen LogP contribution in [0.4, 0.5) is 0 Å². The van der Waals surface area contributed by atoms with Crippen molar-refractivity contribution >= 4 is 24.8 Å². The third-order valence-corrected chi connectivity index (χ3v) is 1.56. The summed E-state index contributed by atoms with van der Waals surface area (Å²) < 4.78 is 2.65. The molecule has 4 heteroatoms. The van der Waals surface area contributed by atoms with Gasteiger partial charge in [-0.2, -0.15) is 0 Å². The predicted molar refractivity (Wildman–Crippen MR) is 38.8 cm³/mol. The zero-order valence-corrected chi connectivity index (χ0v) is 5.80. The van der Waals surface area contributed by atoms with Gasteiger partial charge in [-0.05, 0) is 24.1 Å². The summed E-state index contributed by atoms with van der Waals surface area (Å²) >= 11 is 5.24. The molecule has 0 aliphatic heterocycles. The molecule has 0 spiro atoms. The maximum absolute atomic E-state index is 3.80. The van der Waals surface area contributed by atoms with Crippen LogP contribution in [0.25, 0.3) is 0 Å². The van der Waals surface area contributed by atoms with Gasteiger partial charge >= 0.3 is 0 Å². The van der Waals surface area contributed by atoms with E-state index in [1.165, 1.54) is 11.9 Å². The Morgan fingerprint density at radius 2 is 2.62 bits per heavy atom. The third kappa shape index (κ3) is 1.47. The fourth-order valence-corrected chi connectivity index (χ4v) is 1.09. The van der Waals surface area contributed by atoms with Gasteiger partial charge in [-0.25, -0.2) is 4.13 Å². The Hall–Kier alpha value is -0.0600. The second kappa shape index (κ2) is 3.06. The highest BCUT2D eigenvalue weighted by Gasteiger charge is 1.86. The van der Waals surface area contributed by atoms with E-state index < -0.39 is 0 Å². The van der Waals surface area contributed by atoms with Crippen molar-refractivity contribution in [3.05, 3.63) is 18.3 Å². The predicted octanol–water partition coefficient (Wildman–Crippen LogP) is 1.46. The van der Waals surface area contributed by atoms with E-state index in [-0.39, 0.29) is 0 Å². The fraction of sp³-hybridized carbons (Fsp3) is 0. The molecule has 1 aromatic rings. The van der Waals surface area contributed by atoms with Crippen LogP contribution in [0.3, 0.4) is 0 Å². The molecule has 2 nitrogen and oxygen atoms in total. The van der Waals surface area contributed by atoms with Crippen LogP contribution in [0.15, 0.2) is 23.4 Å². The van der Waals surface area contributed by atoms with Gasteiger partial charge in [0.25, 0.3) is 0 Å². The molecule has 0 amide bonds. The zero-order chi connectivity index (χ0) is 5.82. The lowest BCUT2D eigenvalue weighted by Gasteiger charge is -1.88. The number of H-pyrrole nitrogens is 1.